The highest BCUT2D eigenvalue weighted by atomic mass is 16.7. The molecule has 0 bridgehead atoms. The fraction of sp³-hybridized carbons (Fsp3) is 0.267. The minimum atomic E-state index is -1.08. The summed E-state index contributed by atoms with van der Waals surface area (Å²) in [6, 6.07) is 42.9. The SMILES string of the molecule is COc1cc(C=CC(=O)O)cc(OC)c1O[C@H]1O[C@H](COCc2ccccc2)[C@@H](OCc2ccccc2)[C@H](OCc2ccccc2)[C@@H]1OCc1ccccc1. The summed E-state index contributed by atoms with van der Waals surface area (Å²) in [5.41, 5.74) is 4.46. The number of carbonyl (C=O) groups is 1. The third-order valence-corrected chi connectivity index (χ3v) is 8.98. The normalized spacial score (nSPS) is 19.6. The van der Waals surface area contributed by atoms with Crippen LogP contribution in [-0.2, 0) is 54.9 Å². The Bertz CT molecular complexity index is 1900. The number of hydrogen-bond donors (Lipinski definition) is 1. The van der Waals surface area contributed by atoms with Crippen molar-refractivity contribution in [1.29, 1.82) is 0 Å². The van der Waals surface area contributed by atoms with E-state index in [0.717, 1.165) is 28.3 Å². The van der Waals surface area contributed by atoms with E-state index in [4.69, 9.17) is 37.9 Å². The molecule has 0 spiro atoms. The highest BCUT2D eigenvalue weighted by Crippen LogP contribution is 2.42. The number of hydrogen-bond acceptors (Lipinski definition) is 9. The van der Waals surface area contributed by atoms with Crippen molar-refractivity contribution in [1.82, 2.24) is 0 Å². The van der Waals surface area contributed by atoms with Crippen molar-refractivity contribution in [3.63, 3.8) is 0 Å². The van der Waals surface area contributed by atoms with Crippen LogP contribution in [0.5, 0.6) is 17.2 Å². The number of ether oxygens (including phenoxy) is 8. The van der Waals surface area contributed by atoms with Crippen molar-refractivity contribution >= 4 is 12.0 Å². The molecule has 1 aliphatic rings. The summed E-state index contributed by atoms with van der Waals surface area (Å²) in [6.07, 6.45) is -1.48. The summed E-state index contributed by atoms with van der Waals surface area (Å²) in [5, 5.41) is 9.24. The summed E-state index contributed by atoms with van der Waals surface area (Å²) >= 11 is 0. The van der Waals surface area contributed by atoms with Crippen LogP contribution < -0.4 is 14.2 Å². The van der Waals surface area contributed by atoms with Gasteiger partial charge in [0, 0.05) is 6.08 Å². The van der Waals surface area contributed by atoms with E-state index in [-0.39, 0.29) is 25.6 Å². The highest BCUT2D eigenvalue weighted by molar-refractivity contribution is 5.85. The van der Waals surface area contributed by atoms with E-state index in [0.29, 0.717) is 30.3 Å². The predicted octanol–water partition coefficient (Wildman–Crippen LogP) is 7.88. The van der Waals surface area contributed by atoms with E-state index in [1.54, 1.807) is 12.1 Å². The molecule has 10 heteroatoms. The molecule has 10 nitrogen and oxygen atoms in total. The van der Waals surface area contributed by atoms with Crippen molar-refractivity contribution in [3.05, 3.63) is 167 Å². The van der Waals surface area contributed by atoms with Gasteiger partial charge in [0.05, 0.1) is 47.3 Å². The quantitative estimate of drug-likeness (QED) is 0.0839. The average Bonchev–Trinajstić information content (AvgIpc) is 3.23. The molecular weight excluding hydrogens is 700 g/mol. The average molecular weight is 747 g/mol. The Kier molecular flexibility index (Phi) is 14.4. The molecule has 1 fully saturated rings. The van der Waals surface area contributed by atoms with E-state index in [9.17, 15) is 9.90 Å². The van der Waals surface area contributed by atoms with Crippen molar-refractivity contribution in [2.75, 3.05) is 20.8 Å². The van der Waals surface area contributed by atoms with Crippen LogP contribution in [0.2, 0.25) is 0 Å². The second-order valence-corrected chi connectivity index (χ2v) is 12.9. The summed E-state index contributed by atoms with van der Waals surface area (Å²) in [4.78, 5) is 11.3. The molecule has 0 aliphatic carbocycles. The number of methoxy groups -OCH3 is 2. The van der Waals surface area contributed by atoms with Crippen molar-refractivity contribution in [2.24, 2.45) is 0 Å². The van der Waals surface area contributed by atoms with E-state index >= 15 is 0 Å². The third kappa shape index (κ3) is 11.3. The second-order valence-electron chi connectivity index (χ2n) is 12.9. The van der Waals surface area contributed by atoms with Gasteiger partial charge in [-0.3, -0.25) is 0 Å². The smallest absolute Gasteiger partial charge is 0.328 e. The van der Waals surface area contributed by atoms with E-state index in [1.165, 1.54) is 20.3 Å². The first-order valence-corrected chi connectivity index (χ1v) is 18.1. The molecule has 5 atom stereocenters. The zero-order chi connectivity index (χ0) is 38.2. The largest absolute Gasteiger partial charge is 0.493 e. The highest BCUT2D eigenvalue weighted by Gasteiger charge is 2.50. The first-order chi connectivity index (χ1) is 27.0. The molecule has 55 heavy (non-hydrogen) atoms. The number of carboxylic acid groups (broad SMARTS) is 1. The minimum absolute atomic E-state index is 0.151. The van der Waals surface area contributed by atoms with Gasteiger partial charge in [-0.15, -0.1) is 0 Å². The van der Waals surface area contributed by atoms with Crippen molar-refractivity contribution in [2.45, 2.75) is 57.1 Å². The van der Waals surface area contributed by atoms with E-state index in [2.05, 4.69) is 0 Å². The Hall–Kier alpha value is -5.49. The van der Waals surface area contributed by atoms with Gasteiger partial charge >= 0.3 is 5.97 Å². The summed E-state index contributed by atoms with van der Waals surface area (Å²) in [5.74, 6) is -0.240. The van der Waals surface area contributed by atoms with Crippen LogP contribution in [0.25, 0.3) is 6.08 Å². The van der Waals surface area contributed by atoms with Gasteiger partial charge in [-0.2, -0.15) is 0 Å². The van der Waals surface area contributed by atoms with Crippen LogP contribution in [0, 0.1) is 0 Å². The van der Waals surface area contributed by atoms with Gasteiger partial charge in [0.25, 0.3) is 0 Å². The van der Waals surface area contributed by atoms with E-state index < -0.39 is 36.7 Å². The molecule has 6 rings (SSSR count). The van der Waals surface area contributed by atoms with Crippen LogP contribution in [0.4, 0.5) is 0 Å². The maximum Gasteiger partial charge on any atom is 0.328 e. The standard InChI is InChI=1S/C45H46O10/c1-48-37-25-36(23-24-40(46)47)26-38(49-2)41(37)55-45-44(53-30-35-21-13-6-14-22-35)43(52-29-34-19-11-5-12-20-34)42(51-28-33-17-9-4-10-18-33)39(54-45)31-50-27-32-15-7-3-8-16-32/h3-26,39,42-45H,27-31H2,1-2H3,(H,46,47)/t39-,42-,43+,44+,45-/m1/s1. The first-order valence-electron chi connectivity index (χ1n) is 18.1. The number of aliphatic carboxylic acids is 1. The van der Waals surface area contributed by atoms with Gasteiger partial charge in [0.15, 0.2) is 11.5 Å². The molecule has 0 saturated carbocycles. The summed E-state index contributed by atoms with van der Waals surface area (Å²) in [7, 11) is 2.99. The Balaban J connectivity index is 1.39. The summed E-state index contributed by atoms with van der Waals surface area (Å²) < 4.78 is 51.7. The van der Waals surface area contributed by atoms with Crippen molar-refractivity contribution in [3.8, 4) is 17.2 Å². The Morgan fingerprint density at radius 2 is 1.05 bits per heavy atom. The van der Waals surface area contributed by atoms with Gasteiger partial charge in [0.1, 0.15) is 24.4 Å². The van der Waals surface area contributed by atoms with Gasteiger partial charge in [0.2, 0.25) is 12.0 Å². The molecule has 5 aromatic carbocycles. The Morgan fingerprint density at radius 3 is 1.51 bits per heavy atom. The second kappa shape index (κ2) is 20.3. The first kappa shape index (κ1) is 39.2. The van der Waals surface area contributed by atoms with Gasteiger partial charge in [-0.25, -0.2) is 4.79 Å². The van der Waals surface area contributed by atoms with Crippen molar-refractivity contribution < 1.29 is 47.8 Å². The molecule has 1 saturated heterocycles. The molecule has 0 unspecified atom stereocenters. The molecule has 1 heterocycles. The van der Waals surface area contributed by atoms with Crippen LogP contribution in [0.1, 0.15) is 27.8 Å². The van der Waals surface area contributed by atoms with Gasteiger partial charge in [-0.1, -0.05) is 121 Å². The maximum atomic E-state index is 11.3. The Labute approximate surface area is 321 Å². The maximum absolute atomic E-state index is 11.3. The number of carboxylic acids is 1. The molecule has 286 valence electrons. The Morgan fingerprint density at radius 1 is 0.618 bits per heavy atom. The molecule has 0 radical (unpaired) electrons. The molecule has 0 aromatic heterocycles. The van der Waals surface area contributed by atoms with Gasteiger partial charge in [-0.05, 0) is 46.0 Å². The lowest BCUT2D eigenvalue weighted by Gasteiger charge is -2.45. The minimum Gasteiger partial charge on any atom is -0.493 e. The summed E-state index contributed by atoms with van der Waals surface area (Å²) in [6.45, 7) is 1.29. The van der Waals surface area contributed by atoms with E-state index in [1.807, 2.05) is 121 Å². The van der Waals surface area contributed by atoms with Crippen LogP contribution in [0.15, 0.2) is 140 Å². The lowest BCUT2D eigenvalue weighted by atomic mass is 9.97. The molecule has 0 amide bonds. The third-order valence-electron chi connectivity index (χ3n) is 8.98. The van der Waals surface area contributed by atoms with Crippen LogP contribution >= 0.6 is 0 Å². The lowest BCUT2D eigenvalue weighted by Crippen LogP contribution is -2.62. The molecule has 5 aromatic rings. The van der Waals surface area contributed by atoms with Gasteiger partial charge < -0.3 is 43.0 Å². The lowest BCUT2D eigenvalue weighted by molar-refractivity contribution is -0.310. The fourth-order valence-corrected chi connectivity index (χ4v) is 6.24. The zero-order valence-corrected chi connectivity index (χ0v) is 30.9. The molecule has 1 aliphatic heterocycles. The number of rotatable bonds is 19. The predicted molar refractivity (Wildman–Crippen MR) is 207 cm³/mol. The van der Waals surface area contributed by atoms with Crippen LogP contribution in [0.3, 0.4) is 0 Å². The monoisotopic (exact) mass is 746 g/mol. The fourth-order valence-electron chi connectivity index (χ4n) is 6.24. The van der Waals surface area contributed by atoms with Crippen LogP contribution in [-0.4, -0.2) is 62.6 Å². The topological polar surface area (TPSA) is 111 Å². The molecular formula is C45H46O10. The zero-order valence-electron chi connectivity index (χ0n) is 30.9. The number of benzene rings is 5. The molecule has 1 N–H and O–H groups in total.